The zero-order valence-electron chi connectivity index (χ0n) is 10.8. The lowest BCUT2D eigenvalue weighted by Crippen LogP contribution is -2.21. The fraction of sp³-hybridized carbons (Fsp3) is 0.417. The normalized spacial score (nSPS) is 12.9. The summed E-state index contributed by atoms with van der Waals surface area (Å²) >= 11 is 0. The van der Waals surface area contributed by atoms with Gasteiger partial charge in [-0.15, -0.1) is 0 Å². The van der Waals surface area contributed by atoms with E-state index in [1.807, 2.05) is 39.0 Å². The minimum Gasteiger partial charge on any atom is -0.482 e. The van der Waals surface area contributed by atoms with Crippen LogP contribution in [-0.4, -0.2) is 18.2 Å². The molecule has 0 bridgehead atoms. The number of benzene rings is 1. The van der Waals surface area contributed by atoms with Gasteiger partial charge in [0.2, 0.25) is 0 Å². The molecular formula is C12H18NO4P. The fourth-order valence-electron chi connectivity index (χ4n) is 1.07. The van der Waals surface area contributed by atoms with Crippen molar-refractivity contribution in [3.8, 4) is 5.75 Å². The Kier molecular flexibility index (Phi) is 5.54. The maximum Gasteiger partial charge on any atom is 0.349 e. The van der Waals surface area contributed by atoms with Crippen LogP contribution in [0.25, 0.3) is 0 Å². The van der Waals surface area contributed by atoms with E-state index in [9.17, 15) is 4.79 Å². The van der Waals surface area contributed by atoms with Gasteiger partial charge in [-0.1, -0.05) is 18.2 Å². The fourth-order valence-corrected chi connectivity index (χ4v) is 1.90. The molecule has 0 aliphatic rings. The highest BCUT2D eigenvalue weighted by Crippen LogP contribution is 2.34. The third kappa shape index (κ3) is 6.55. The number of ether oxygens (including phenoxy) is 1. The highest BCUT2D eigenvalue weighted by atomic mass is 31.2. The smallest absolute Gasteiger partial charge is 0.349 e. The summed E-state index contributed by atoms with van der Waals surface area (Å²) in [5.41, 5.74) is 5.13. The maximum atomic E-state index is 11.4. The molecule has 1 atom stereocenters. The molecule has 0 fully saturated rings. The minimum atomic E-state index is -1.72. The molecule has 0 saturated carbocycles. The van der Waals surface area contributed by atoms with Crippen molar-refractivity contribution in [2.24, 2.45) is 5.50 Å². The number of hydrogen-bond donors (Lipinski definition) is 1. The molecule has 2 N–H and O–H groups in total. The molecule has 0 heterocycles. The van der Waals surface area contributed by atoms with Crippen LogP contribution in [-0.2, 0) is 13.8 Å². The predicted molar refractivity (Wildman–Crippen MR) is 70.0 cm³/mol. The molecule has 0 aliphatic carbocycles. The van der Waals surface area contributed by atoms with Crippen molar-refractivity contribution >= 4 is 14.5 Å². The Morgan fingerprint density at radius 1 is 1.28 bits per heavy atom. The molecule has 100 valence electrons. The monoisotopic (exact) mass is 271 g/mol. The van der Waals surface area contributed by atoms with Gasteiger partial charge in [0.15, 0.2) is 6.61 Å². The van der Waals surface area contributed by atoms with Gasteiger partial charge in [-0.3, -0.25) is 5.50 Å². The topological polar surface area (TPSA) is 70.8 Å². The summed E-state index contributed by atoms with van der Waals surface area (Å²) in [6.45, 7) is 5.32. The van der Waals surface area contributed by atoms with E-state index in [-0.39, 0.29) is 6.61 Å². The molecule has 18 heavy (non-hydrogen) atoms. The van der Waals surface area contributed by atoms with E-state index < -0.39 is 20.1 Å². The van der Waals surface area contributed by atoms with Crippen LogP contribution in [0.15, 0.2) is 30.3 Å². The molecule has 1 unspecified atom stereocenters. The Bertz CT molecular complexity index is 377. The first kappa shape index (κ1) is 14.9. The third-order valence-corrected chi connectivity index (χ3v) is 2.77. The van der Waals surface area contributed by atoms with Gasteiger partial charge in [0.1, 0.15) is 5.75 Å². The first-order valence-corrected chi connectivity index (χ1v) is 6.74. The number of carbonyl (C=O) groups is 1. The van der Waals surface area contributed by atoms with Gasteiger partial charge in [-0.25, -0.2) is 4.79 Å². The molecule has 0 amide bonds. The largest absolute Gasteiger partial charge is 0.482 e. The third-order valence-electron chi connectivity index (χ3n) is 1.66. The van der Waals surface area contributed by atoms with E-state index in [1.165, 1.54) is 0 Å². The first-order chi connectivity index (χ1) is 8.37. The molecule has 1 aromatic rings. The van der Waals surface area contributed by atoms with Crippen LogP contribution in [0.1, 0.15) is 20.8 Å². The van der Waals surface area contributed by atoms with Gasteiger partial charge in [0, 0.05) is 0 Å². The van der Waals surface area contributed by atoms with E-state index in [4.69, 9.17) is 19.3 Å². The summed E-state index contributed by atoms with van der Waals surface area (Å²) in [4.78, 5) is 11.4. The van der Waals surface area contributed by atoms with Crippen LogP contribution in [0.3, 0.4) is 0 Å². The van der Waals surface area contributed by atoms with Gasteiger partial charge >= 0.3 is 14.5 Å². The number of carbonyl (C=O) groups excluding carboxylic acids is 1. The summed E-state index contributed by atoms with van der Waals surface area (Å²) in [6.07, 6.45) is 0. The second-order valence-corrected chi connectivity index (χ2v) is 5.49. The summed E-state index contributed by atoms with van der Waals surface area (Å²) < 4.78 is 15.4. The summed E-state index contributed by atoms with van der Waals surface area (Å²) in [6, 6.07) is 9.01. The van der Waals surface area contributed by atoms with E-state index in [1.54, 1.807) is 12.1 Å². The highest BCUT2D eigenvalue weighted by molar-refractivity contribution is 7.45. The molecule has 0 saturated heterocycles. The second-order valence-electron chi connectivity index (χ2n) is 4.55. The lowest BCUT2D eigenvalue weighted by Gasteiger charge is -2.22. The van der Waals surface area contributed by atoms with Gasteiger partial charge in [-0.05, 0) is 32.9 Å². The number of nitrogens with two attached hydrogens (primary N) is 1. The molecule has 0 spiro atoms. The van der Waals surface area contributed by atoms with Crippen molar-refractivity contribution in [1.82, 2.24) is 0 Å². The van der Waals surface area contributed by atoms with Gasteiger partial charge < -0.3 is 13.8 Å². The molecule has 1 aromatic carbocycles. The Hall–Kier alpha value is -1.16. The maximum absolute atomic E-state index is 11.4. The average Bonchev–Trinajstić information content (AvgIpc) is 2.25. The minimum absolute atomic E-state index is 0.187. The molecule has 0 radical (unpaired) electrons. The first-order valence-electron chi connectivity index (χ1n) is 5.49. The van der Waals surface area contributed by atoms with Crippen LogP contribution in [0.4, 0.5) is 0 Å². The lowest BCUT2D eigenvalue weighted by molar-refractivity contribution is -0.136. The quantitative estimate of drug-likeness (QED) is 0.833. The second kappa shape index (κ2) is 6.69. The highest BCUT2D eigenvalue weighted by Gasteiger charge is 2.20. The van der Waals surface area contributed by atoms with Crippen molar-refractivity contribution in [3.05, 3.63) is 30.3 Å². The summed E-state index contributed by atoms with van der Waals surface area (Å²) in [5, 5.41) is 0. The SMILES string of the molecule is CC(C)(C)OP(N)OC(=O)COc1ccccc1. The average molecular weight is 271 g/mol. The number of hydrogen-bond acceptors (Lipinski definition) is 5. The van der Waals surface area contributed by atoms with Gasteiger partial charge in [0.25, 0.3) is 0 Å². The zero-order valence-corrected chi connectivity index (χ0v) is 11.6. The van der Waals surface area contributed by atoms with Crippen molar-refractivity contribution in [2.45, 2.75) is 26.4 Å². The Labute approximate surface area is 108 Å². The Balaban J connectivity index is 2.30. The molecule has 1 rings (SSSR count). The van der Waals surface area contributed by atoms with Crippen LogP contribution in [0.5, 0.6) is 5.75 Å². The Morgan fingerprint density at radius 2 is 1.89 bits per heavy atom. The van der Waals surface area contributed by atoms with E-state index >= 15 is 0 Å². The number of rotatable bonds is 5. The number of para-hydroxylation sites is 1. The van der Waals surface area contributed by atoms with Gasteiger partial charge in [0.05, 0.1) is 5.60 Å². The zero-order chi connectivity index (χ0) is 13.6. The molecular weight excluding hydrogens is 253 g/mol. The predicted octanol–water partition coefficient (Wildman–Crippen LogP) is 2.61. The van der Waals surface area contributed by atoms with Crippen LogP contribution >= 0.6 is 8.53 Å². The van der Waals surface area contributed by atoms with Gasteiger partial charge in [-0.2, -0.15) is 0 Å². The lowest BCUT2D eigenvalue weighted by atomic mass is 10.2. The standard InChI is InChI=1S/C12H18NO4P/c1-12(2,3)17-18(13)16-11(14)9-15-10-7-5-4-6-8-10/h4-8H,9,13H2,1-3H3. The van der Waals surface area contributed by atoms with Crippen molar-refractivity contribution < 1.29 is 18.6 Å². The van der Waals surface area contributed by atoms with E-state index in [0.717, 1.165) is 0 Å². The molecule has 6 heteroatoms. The van der Waals surface area contributed by atoms with Crippen molar-refractivity contribution in [3.63, 3.8) is 0 Å². The van der Waals surface area contributed by atoms with Crippen LogP contribution in [0, 0.1) is 0 Å². The van der Waals surface area contributed by atoms with Crippen LogP contribution in [0.2, 0.25) is 0 Å². The van der Waals surface area contributed by atoms with E-state index in [2.05, 4.69) is 0 Å². The van der Waals surface area contributed by atoms with Crippen molar-refractivity contribution in [2.75, 3.05) is 6.61 Å². The Morgan fingerprint density at radius 3 is 2.44 bits per heavy atom. The van der Waals surface area contributed by atoms with Crippen LogP contribution < -0.4 is 10.2 Å². The molecule has 5 nitrogen and oxygen atoms in total. The van der Waals surface area contributed by atoms with E-state index in [0.29, 0.717) is 5.75 Å². The molecule has 0 aliphatic heterocycles. The molecule has 0 aromatic heterocycles. The summed E-state index contributed by atoms with van der Waals surface area (Å²) in [5.74, 6) is 0.0595. The van der Waals surface area contributed by atoms with Crippen molar-refractivity contribution in [1.29, 1.82) is 0 Å². The summed E-state index contributed by atoms with van der Waals surface area (Å²) in [7, 11) is -1.72.